The Bertz CT molecular complexity index is 1130. The Labute approximate surface area is 186 Å². The largest absolute Gasteiger partial charge is 0.463 e. The Kier molecular flexibility index (Phi) is 6.41. The number of nitriles is 1. The molecule has 10 nitrogen and oxygen atoms in total. The Hall–Kier alpha value is -3.65. The van der Waals surface area contributed by atoms with Gasteiger partial charge in [-0.15, -0.1) is 0 Å². The van der Waals surface area contributed by atoms with Gasteiger partial charge in [0.2, 0.25) is 17.5 Å². The summed E-state index contributed by atoms with van der Waals surface area (Å²) in [5.41, 5.74) is 7.76. The van der Waals surface area contributed by atoms with Gasteiger partial charge >= 0.3 is 5.97 Å². The van der Waals surface area contributed by atoms with Crippen LogP contribution in [0.2, 0.25) is 0 Å². The number of nitrogens with two attached hydrogens (primary N) is 1. The van der Waals surface area contributed by atoms with Crippen molar-refractivity contribution in [3.63, 3.8) is 0 Å². The van der Waals surface area contributed by atoms with E-state index in [-0.39, 0.29) is 35.2 Å². The maximum Gasteiger partial charge on any atom is 0.336 e. The molecule has 0 saturated heterocycles. The highest BCUT2D eigenvalue weighted by Crippen LogP contribution is 2.43. The molecule has 1 aliphatic heterocycles. The predicted octanol–water partition coefficient (Wildman–Crippen LogP) is 2.93. The minimum absolute atomic E-state index is 0.00242. The van der Waals surface area contributed by atoms with Crippen LogP contribution in [0.5, 0.6) is 0 Å². The Morgan fingerprint density at radius 2 is 2.03 bits per heavy atom. The number of ether oxygens (including phenoxy) is 1. The first-order valence-corrected chi connectivity index (χ1v) is 10.0. The van der Waals surface area contributed by atoms with E-state index in [1.165, 1.54) is 11.8 Å². The number of carbonyl (C=O) groups excluding carboxylic acids is 2. The van der Waals surface area contributed by atoms with Gasteiger partial charge in [0.1, 0.15) is 5.82 Å². The lowest BCUT2D eigenvalue weighted by atomic mass is 9.81. The zero-order valence-corrected chi connectivity index (χ0v) is 18.6. The molecule has 2 heterocycles. The van der Waals surface area contributed by atoms with Crippen LogP contribution in [0.15, 0.2) is 56.0 Å². The number of esters is 1. The molecule has 1 aromatic carbocycles. The lowest BCUT2D eigenvalue weighted by Crippen LogP contribution is -2.37. The number of anilines is 2. The van der Waals surface area contributed by atoms with Crippen LogP contribution in [0, 0.1) is 11.3 Å². The number of carbonyl (C=O) groups is 2. The number of aromatic nitrogens is 2. The summed E-state index contributed by atoms with van der Waals surface area (Å²) in [7, 11) is 0. The minimum atomic E-state index is -0.752. The van der Waals surface area contributed by atoms with E-state index >= 15 is 0 Å². The van der Waals surface area contributed by atoms with E-state index in [4.69, 9.17) is 15.1 Å². The van der Waals surface area contributed by atoms with Crippen LogP contribution in [0.25, 0.3) is 0 Å². The van der Waals surface area contributed by atoms with E-state index in [1.807, 2.05) is 0 Å². The standard InChI is InChI=1S/C20H19BrN6O4/c1-4-30-20(29)15-10(2)27(19-18(24-11(3)28)25-31-26-19)17(23)14(9-22)16(15)12-5-7-13(21)8-6-12/h5-8,16H,4,23H2,1-3H3,(H,24,25,28)/t16-/m0/s1. The van der Waals surface area contributed by atoms with E-state index in [0.717, 1.165) is 4.47 Å². The van der Waals surface area contributed by atoms with Gasteiger partial charge < -0.3 is 15.8 Å². The fourth-order valence-electron chi connectivity index (χ4n) is 3.36. The van der Waals surface area contributed by atoms with Gasteiger partial charge in [0, 0.05) is 17.1 Å². The first kappa shape index (κ1) is 22.0. The highest BCUT2D eigenvalue weighted by molar-refractivity contribution is 9.10. The summed E-state index contributed by atoms with van der Waals surface area (Å²) < 4.78 is 10.9. The molecular weight excluding hydrogens is 468 g/mol. The van der Waals surface area contributed by atoms with Crippen molar-refractivity contribution in [3.8, 4) is 6.07 Å². The lowest BCUT2D eigenvalue weighted by molar-refractivity contribution is -0.138. The summed E-state index contributed by atoms with van der Waals surface area (Å²) in [6, 6.07) is 9.31. The first-order chi connectivity index (χ1) is 14.8. The quantitative estimate of drug-likeness (QED) is 0.608. The van der Waals surface area contributed by atoms with Crippen molar-refractivity contribution in [1.82, 2.24) is 10.3 Å². The monoisotopic (exact) mass is 486 g/mol. The summed E-state index contributed by atoms with van der Waals surface area (Å²) in [5.74, 6) is -1.69. The zero-order valence-electron chi connectivity index (χ0n) is 17.0. The number of hydrogen-bond donors (Lipinski definition) is 2. The van der Waals surface area contributed by atoms with Crippen LogP contribution in [0.4, 0.5) is 11.6 Å². The molecule has 160 valence electrons. The van der Waals surface area contributed by atoms with E-state index < -0.39 is 17.8 Å². The maximum atomic E-state index is 13.0. The van der Waals surface area contributed by atoms with Gasteiger partial charge in [-0.05, 0) is 41.9 Å². The third kappa shape index (κ3) is 4.15. The lowest BCUT2D eigenvalue weighted by Gasteiger charge is -2.34. The van der Waals surface area contributed by atoms with Crippen LogP contribution < -0.4 is 16.0 Å². The number of halogens is 1. The average Bonchev–Trinajstić information content (AvgIpc) is 3.15. The molecule has 1 aliphatic rings. The van der Waals surface area contributed by atoms with Gasteiger partial charge in [-0.3, -0.25) is 9.69 Å². The number of rotatable bonds is 5. The molecule has 1 amide bonds. The molecule has 0 spiro atoms. The number of nitrogens with zero attached hydrogens (tertiary/aromatic N) is 4. The normalized spacial score (nSPS) is 16.2. The first-order valence-electron chi connectivity index (χ1n) is 9.23. The van der Waals surface area contributed by atoms with Crippen LogP contribution >= 0.6 is 15.9 Å². The van der Waals surface area contributed by atoms with Gasteiger partial charge in [0.15, 0.2) is 0 Å². The van der Waals surface area contributed by atoms with Crippen molar-refractivity contribution < 1.29 is 19.0 Å². The molecule has 0 unspecified atom stereocenters. The zero-order chi connectivity index (χ0) is 22.7. The fraction of sp³-hybridized carbons (Fsp3) is 0.250. The molecule has 0 radical (unpaired) electrons. The summed E-state index contributed by atoms with van der Waals surface area (Å²) >= 11 is 3.38. The van der Waals surface area contributed by atoms with Gasteiger partial charge in [-0.1, -0.05) is 28.1 Å². The SMILES string of the molecule is CCOC(=O)C1=C(C)N(c2nonc2NC(C)=O)C(N)=C(C#N)[C@@H]1c1ccc(Br)cc1. The van der Waals surface area contributed by atoms with Crippen molar-refractivity contribution in [2.75, 3.05) is 16.8 Å². The van der Waals surface area contributed by atoms with Gasteiger partial charge in [-0.2, -0.15) is 5.26 Å². The summed E-state index contributed by atoms with van der Waals surface area (Å²) in [4.78, 5) is 25.9. The van der Waals surface area contributed by atoms with Gasteiger partial charge in [-0.25, -0.2) is 9.42 Å². The summed E-state index contributed by atoms with van der Waals surface area (Å²) in [5, 5.41) is 20.0. The molecule has 1 aromatic heterocycles. The van der Waals surface area contributed by atoms with Gasteiger partial charge in [0.05, 0.1) is 29.7 Å². The molecule has 0 saturated carbocycles. The minimum Gasteiger partial charge on any atom is -0.463 e. The Morgan fingerprint density at radius 1 is 1.35 bits per heavy atom. The molecule has 2 aromatic rings. The van der Waals surface area contributed by atoms with Crippen LogP contribution in [0.1, 0.15) is 32.3 Å². The van der Waals surface area contributed by atoms with Crippen molar-refractivity contribution in [1.29, 1.82) is 5.26 Å². The number of allylic oxidation sites excluding steroid dienone is 2. The summed E-state index contributed by atoms with van der Waals surface area (Å²) in [6.45, 7) is 4.78. The van der Waals surface area contributed by atoms with Crippen molar-refractivity contribution >= 4 is 39.4 Å². The van der Waals surface area contributed by atoms with Crippen molar-refractivity contribution in [3.05, 3.63) is 57.0 Å². The molecule has 0 bridgehead atoms. The number of hydrogen-bond acceptors (Lipinski definition) is 9. The third-order valence-corrected chi connectivity index (χ3v) is 5.14. The fourth-order valence-corrected chi connectivity index (χ4v) is 3.62. The highest BCUT2D eigenvalue weighted by atomic mass is 79.9. The second-order valence-electron chi connectivity index (χ2n) is 6.57. The Morgan fingerprint density at radius 3 is 2.61 bits per heavy atom. The molecule has 0 aliphatic carbocycles. The predicted molar refractivity (Wildman–Crippen MR) is 114 cm³/mol. The number of nitrogens with one attached hydrogen (secondary N) is 1. The second-order valence-corrected chi connectivity index (χ2v) is 7.48. The van der Waals surface area contributed by atoms with Crippen molar-refractivity contribution in [2.45, 2.75) is 26.7 Å². The average molecular weight is 487 g/mol. The molecule has 3 rings (SSSR count). The highest BCUT2D eigenvalue weighted by Gasteiger charge is 2.40. The topological polar surface area (TPSA) is 147 Å². The molecule has 3 N–H and O–H groups in total. The van der Waals surface area contributed by atoms with E-state index in [1.54, 1.807) is 38.1 Å². The van der Waals surface area contributed by atoms with Gasteiger partial charge in [0.25, 0.3) is 0 Å². The molecule has 0 fully saturated rings. The van der Waals surface area contributed by atoms with Crippen LogP contribution in [-0.4, -0.2) is 28.8 Å². The summed E-state index contributed by atoms with van der Waals surface area (Å²) in [6.07, 6.45) is 0. The molecular formula is C20H19BrN6O4. The van der Waals surface area contributed by atoms with Crippen molar-refractivity contribution in [2.24, 2.45) is 5.73 Å². The molecule has 11 heteroatoms. The maximum absolute atomic E-state index is 13.0. The van der Waals surface area contributed by atoms with Crippen LogP contribution in [-0.2, 0) is 14.3 Å². The second kappa shape index (κ2) is 9.01. The number of benzene rings is 1. The van der Waals surface area contributed by atoms with E-state index in [2.05, 4.69) is 37.6 Å². The molecule has 31 heavy (non-hydrogen) atoms. The number of amides is 1. The Balaban J connectivity index is 2.25. The third-order valence-electron chi connectivity index (χ3n) is 4.62. The van der Waals surface area contributed by atoms with E-state index in [0.29, 0.717) is 11.3 Å². The smallest absolute Gasteiger partial charge is 0.336 e. The van der Waals surface area contributed by atoms with Crippen LogP contribution in [0.3, 0.4) is 0 Å². The molecule has 1 atom stereocenters. The van der Waals surface area contributed by atoms with E-state index in [9.17, 15) is 14.9 Å².